The van der Waals surface area contributed by atoms with Crippen molar-refractivity contribution in [2.24, 2.45) is 0 Å². The molecule has 206 valence electrons. The van der Waals surface area contributed by atoms with Crippen LogP contribution in [0.1, 0.15) is 24.5 Å². The maximum absolute atomic E-state index is 13.5. The number of aliphatic carboxylic acids is 1. The summed E-state index contributed by atoms with van der Waals surface area (Å²) in [5.74, 6) is 0.280. The molecule has 8 nitrogen and oxygen atoms in total. The third-order valence-electron chi connectivity index (χ3n) is 6.44. The van der Waals surface area contributed by atoms with Gasteiger partial charge in [0.25, 0.3) is 0 Å². The summed E-state index contributed by atoms with van der Waals surface area (Å²) >= 11 is 13.2. The number of halogens is 2. The summed E-state index contributed by atoms with van der Waals surface area (Å²) in [6.45, 7) is 3.18. The molecule has 1 saturated heterocycles. The highest BCUT2D eigenvalue weighted by atomic mass is 35.5. The predicted molar refractivity (Wildman–Crippen MR) is 151 cm³/mol. The van der Waals surface area contributed by atoms with Gasteiger partial charge in [-0.2, -0.15) is 0 Å². The van der Waals surface area contributed by atoms with Gasteiger partial charge in [0.2, 0.25) is 0 Å². The first-order chi connectivity index (χ1) is 18.8. The molecular weight excluding hydrogens is 543 g/mol. The van der Waals surface area contributed by atoms with Crippen LogP contribution < -0.4 is 14.4 Å². The Morgan fingerprint density at radius 2 is 1.72 bits per heavy atom. The van der Waals surface area contributed by atoms with Gasteiger partial charge in [-0.3, -0.25) is 4.90 Å². The van der Waals surface area contributed by atoms with Crippen LogP contribution >= 0.6 is 23.2 Å². The van der Waals surface area contributed by atoms with E-state index in [0.717, 1.165) is 16.9 Å². The Kier molecular flexibility index (Phi) is 9.56. The zero-order chi connectivity index (χ0) is 27.9. The summed E-state index contributed by atoms with van der Waals surface area (Å²) in [4.78, 5) is 28.3. The Morgan fingerprint density at radius 3 is 2.31 bits per heavy atom. The fourth-order valence-corrected chi connectivity index (χ4v) is 5.02. The van der Waals surface area contributed by atoms with Crippen molar-refractivity contribution in [3.05, 3.63) is 81.8 Å². The van der Waals surface area contributed by atoms with Crippen LogP contribution in [0.25, 0.3) is 0 Å². The molecule has 39 heavy (non-hydrogen) atoms. The Hall–Kier alpha value is -3.46. The molecule has 3 aromatic rings. The number of morpholine rings is 1. The molecule has 1 atom stereocenters. The van der Waals surface area contributed by atoms with Gasteiger partial charge in [0, 0.05) is 30.8 Å². The molecule has 0 bridgehead atoms. The van der Waals surface area contributed by atoms with Crippen LogP contribution in [0.4, 0.5) is 10.5 Å². The third-order valence-corrected chi connectivity index (χ3v) is 7.00. The summed E-state index contributed by atoms with van der Waals surface area (Å²) in [5.41, 5.74) is 2.30. The second-order valence-electron chi connectivity index (χ2n) is 8.99. The second kappa shape index (κ2) is 13.1. The van der Waals surface area contributed by atoms with Gasteiger partial charge in [-0.05, 0) is 42.3 Å². The molecule has 0 aromatic heterocycles. The number of amides is 2. The van der Waals surface area contributed by atoms with Gasteiger partial charge >= 0.3 is 12.0 Å². The maximum Gasteiger partial charge on any atom is 0.326 e. The smallest absolute Gasteiger partial charge is 0.326 e. The van der Waals surface area contributed by atoms with Crippen LogP contribution in [0, 0.1) is 0 Å². The first-order valence-corrected chi connectivity index (χ1v) is 13.3. The van der Waals surface area contributed by atoms with E-state index in [2.05, 4.69) is 0 Å². The SMILES string of the molecule is CCC(C(=O)O)N(C(=O)N1CCOCC1)c1cc(Cl)c(Oc2ccc(OC)c(Cc3ccccc3)c2)c(Cl)c1. The van der Waals surface area contributed by atoms with E-state index in [1.165, 1.54) is 17.0 Å². The minimum Gasteiger partial charge on any atom is -0.496 e. The monoisotopic (exact) mass is 572 g/mol. The van der Waals surface area contributed by atoms with Gasteiger partial charge in [-0.1, -0.05) is 60.5 Å². The summed E-state index contributed by atoms with van der Waals surface area (Å²) in [7, 11) is 1.61. The molecule has 1 fully saturated rings. The number of nitrogens with zero attached hydrogens (tertiary/aromatic N) is 2. The highest BCUT2D eigenvalue weighted by Gasteiger charge is 2.34. The number of carboxylic acids is 1. The lowest BCUT2D eigenvalue weighted by molar-refractivity contribution is -0.138. The standard InChI is InChI=1S/C29H30Cl2N2O6/c1-3-25(28(34)35)33(29(36)32-11-13-38-14-12-32)21-17-23(30)27(24(31)18-21)39-22-9-10-26(37-2)20(16-22)15-19-7-5-4-6-8-19/h4-10,16-18,25H,3,11-15H2,1-2H3,(H,34,35). The van der Waals surface area contributed by atoms with Crippen LogP contribution in [0.2, 0.25) is 10.0 Å². The lowest BCUT2D eigenvalue weighted by Crippen LogP contribution is -2.54. The lowest BCUT2D eigenvalue weighted by atomic mass is 10.0. The number of rotatable bonds is 9. The van der Waals surface area contributed by atoms with E-state index in [4.69, 9.17) is 37.4 Å². The van der Waals surface area contributed by atoms with Crippen LogP contribution in [0.3, 0.4) is 0 Å². The molecule has 0 saturated carbocycles. The Balaban J connectivity index is 1.65. The van der Waals surface area contributed by atoms with E-state index in [0.29, 0.717) is 38.5 Å². The summed E-state index contributed by atoms with van der Waals surface area (Å²) in [5, 5.41) is 10.2. The van der Waals surface area contributed by atoms with E-state index in [9.17, 15) is 14.7 Å². The highest BCUT2D eigenvalue weighted by Crippen LogP contribution is 2.41. The van der Waals surface area contributed by atoms with E-state index in [1.807, 2.05) is 42.5 Å². The van der Waals surface area contributed by atoms with Crippen molar-refractivity contribution >= 4 is 40.9 Å². The molecule has 1 N–H and O–H groups in total. The van der Waals surface area contributed by atoms with Gasteiger partial charge in [0.15, 0.2) is 5.75 Å². The van der Waals surface area contributed by atoms with Crippen molar-refractivity contribution in [3.8, 4) is 17.2 Å². The number of benzene rings is 3. The van der Waals surface area contributed by atoms with Crippen molar-refractivity contribution in [1.29, 1.82) is 0 Å². The number of hydrogen-bond acceptors (Lipinski definition) is 5. The second-order valence-corrected chi connectivity index (χ2v) is 9.81. The maximum atomic E-state index is 13.5. The summed E-state index contributed by atoms with van der Waals surface area (Å²) in [6, 6.07) is 16.8. The number of carbonyl (C=O) groups excluding carboxylic acids is 1. The number of anilines is 1. The molecule has 3 aromatic carbocycles. The molecule has 1 aliphatic rings. The topological polar surface area (TPSA) is 88.5 Å². The minimum atomic E-state index is -1.13. The largest absolute Gasteiger partial charge is 0.496 e. The number of urea groups is 1. The first-order valence-electron chi connectivity index (χ1n) is 12.6. The van der Waals surface area contributed by atoms with Gasteiger partial charge in [0.1, 0.15) is 17.5 Å². The molecular formula is C29H30Cl2N2O6. The molecule has 1 heterocycles. The normalized spacial score (nSPS) is 14.0. The third kappa shape index (κ3) is 6.76. The predicted octanol–water partition coefficient (Wildman–Crippen LogP) is 6.51. The fraction of sp³-hybridized carbons (Fsp3) is 0.310. The Labute approximate surface area is 237 Å². The minimum absolute atomic E-state index is 0.137. The van der Waals surface area contributed by atoms with E-state index >= 15 is 0 Å². The molecule has 2 amide bonds. The van der Waals surface area contributed by atoms with Crippen molar-refractivity contribution in [1.82, 2.24) is 4.90 Å². The van der Waals surface area contributed by atoms with Crippen molar-refractivity contribution in [2.75, 3.05) is 38.3 Å². The Morgan fingerprint density at radius 1 is 1.05 bits per heavy atom. The van der Waals surface area contributed by atoms with Crippen molar-refractivity contribution in [3.63, 3.8) is 0 Å². The molecule has 1 unspecified atom stereocenters. The Bertz CT molecular complexity index is 1290. The van der Waals surface area contributed by atoms with Crippen molar-refractivity contribution in [2.45, 2.75) is 25.8 Å². The van der Waals surface area contributed by atoms with Crippen LogP contribution in [-0.4, -0.2) is 61.5 Å². The van der Waals surface area contributed by atoms with Crippen molar-refractivity contribution < 1.29 is 28.9 Å². The molecule has 0 radical (unpaired) electrons. The zero-order valence-electron chi connectivity index (χ0n) is 21.7. The number of ether oxygens (including phenoxy) is 3. The van der Waals surface area contributed by atoms with Gasteiger partial charge in [-0.25, -0.2) is 9.59 Å². The highest BCUT2D eigenvalue weighted by molar-refractivity contribution is 6.37. The van der Waals surface area contributed by atoms with Crippen LogP contribution in [0.15, 0.2) is 60.7 Å². The van der Waals surface area contributed by atoms with Crippen LogP contribution in [-0.2, 0) is 16.0 Å². The van der Waals surface area contributed by atoms with Crippen LogP contribution in [0.5, 0.6) is 17.2 Å². The molecule has 0 spiro atoms. The number of hydrogen-bond donors (Lipinski definition) is 1. The fourth-order valence-electron chi connectivity index (χ4n) is 4.47. The lowest BCUT2D eigenvalue weighted by Gasteiger charge is -2.36. The van der Waals surface area contributed by atoms with Gasteiger partial charge in [0.05, 0.1) is 30.4 Å². The molecule has 1 aliphatic heterocycles. The summed E-state index contributed by atoms with van der Waals surface area (Å²) < 4.78 is 17.0. The quantitative estimate of drug-likeness (QED) is 0.314. The van der Waals surface area contributed by atoms with Gasteiger partial charge in [-0.15, -0.1) is 0 Å². The van der Waals surface area contributed by atoms with Gasteiger partial charge < -0.3 is 24.2 Å². The molecule has 0 aliphatic carbocycles. The average Bonchev–Trinajstić information content (AvgIpc) is 2.94. The molecule has 10 heteroatoms. The number of methoxy groups -OCH3 is 1. The summed E-state index contributed by atoms with van der Waals surface area (Å²) in [6.07, 6.45) is 0.822. The first kappa shape index (κ1) is 28.5. The van der Waals surface area contributed by atoms with E-state index in [1.54, 1.807) is 25.0 Å². The van der Waals surface area contributed by atoms with E-state index < -0.39 is 18.0 Å². The number of carbonyl (C=O) groups is 2. The number of carboxylic acid groups (broad SMARTS) is 1. The molecule has 4 rings (SSSR count). The zero-order valence-corrected chi connectivity index (χ0v) is 23.2. The van der Waals surface area contributed by atoms with E-state index in [-0.39, 0.29) is 27.9 Å². The average molecular weight is 573 g/mol.